The zero-order chi connectivity index (χ0) is 10.6. The summed E-state index contributed by atoms with van der Waals surface area (Å²) >= 11 is 3.21. The van der Waals surface area contributed by atoms with Crippen molar-refractivity contribution in [1.82, 2.24) is 4.98 Å². The maximum Gasteiger partial charge on any atom is 0.310 e. The molecule has 0 saturated carbocycles. The molecule has 1 heterocycles. The normalized spacial score (nSPS) is 9.64. The molecule has 14 heavy (non-hydrogen) atoms. The maximum atomic E-state index is 11.0. The summed E-state index contributed by atoms with van der Waals surface area (Å²) in [5.74, 6) is 0.122. The molecule has 0 aliphatic rings. The third kappa shape index (κ3) is 2.70. The van der Waals surface area contributed by atoms with E-state index >= 15 is 0 Å². The van der Waals surface area contributed by atoms with E-state index in [2.05, 4.69) is 25.7 Å². The standard InChI is InChI=1S/C9H10BrNO3/c1-13-8(12)5-6-3-4-7(10)11-9(6)14-2/h3-4H,5H2,1-2H3. The van der Waals surface area contributed by atoms with E-state index in [1.807, 2.05) is 0 Å². The third-order valence-electron chi connectivity index (χ3n) is 1.66. The highest BCUT2D eigenvalue weighted by atomic mass is 79.9. The minimum atomic E-state index is -0.313. The van der Waals surface area contributed by atoms with Crippen LogP contribution in [0.5, 0.6) is 5.88 Å². The maximum absolute atomic E-state index is 11.0. The van der Waals surface area contributed by atoms with Crippen LogP contribution in [0.4, 0.5) is 0 Å². The van der Waals surface area contributed by atoms with Gasteiger partial charge in [-0.25, -0.2) is 4.98 Å². The van der Waals surface area contributed by atoms with Crippen molar-refractivity contribution in [1.29, 1.82) is 0 Å². The van der Waals surface area contributed by atoms with Crippen molar-refractivity contribution in [2.75, 3.05) is 14.2 Å². The Morgan fingerprint density at radius 2 is 2.21 bits per heavy atom. The van der Waals surface area contributed by atoms with Crippen molar-refractivity contribution in [3.05, 3.63) is 22.3 Å². The van der Waals surface area contributed by atoms with Gasteiger partial charge in [-0.05, 0) is 22.0 Å². The van der Waals surface area contributed by atoms with Crippen LogP contribution in [-0.4, -0.2) is 25.2 Å². The van der Waals surface area contributed by atoms with Crippen molar-refractivity contribution in [2.45, 2.75) is 6.42 Å². The number of pyridine rings is 1. The Morgan fingerprint density at radius 3 is 2.79 bits per heavy atom. The number of esters is 1. The largest absolute Gasteiger partial charge is 0.481 e. The fourth-order valence-corrected chi connectivity index (χ4v) is 1.28. The SMILES string of the molecule is COC(=O)Cc1ccc(Br)nc1OC. The molecule has 0 fully saturated rings. The van der Waals surface area contributed by atoms with Crippen molar-refractivity contribution in [3.63, 3.8) is 0 Å². The lowest BCUT2D eigenvalue weighted by Gasteiger charge is -2.06. The molecule has 0 spiro atoms. The molecule has 0 N–H and O–H groups in total. The molecular formula is C9H10BrNO3. The molecule has 0 atom stereocenters. The number of halogens is 1. The first-order chi connectivity index (χ1) is 6.67. The Labute approximate surface area is 90.4 Å². The number of hydrogen-bond acceptors (Lipinski definition) is 4. The molecule has 5 heteroatoms. The van der Waals surface area contributed by atoms with E-state index in [9.17, 15) is 4.79 Å². The zero-order valence-corrected chi connectivity index (χ0v) is 9.50. The van der Waals surface area contributed by atoms with Gasteiger partial charge in [0.1, 0.15) is 4.60 Å². The Bertz CT molecular complexity index is 341. The quantitative estimate of drug-likeness (QED) is 0.611. The monoisotopic (exact) mass is 259 g/mol. The second-order valence-corrected chi connectivity index (χ2v) is 3.37. The first kappa shape index (κ1) is 11.0. The van der Waals surface area contributed by atoms with E-state index in [1.165, 1.54) is 14.2 Å². The molecule has 1 aromatic rings. The number of nitrogens with zero attached hydrogens (tertiary/aromatic N) is 1. The lowest BCUT2D eigenvalue weighted by molar-refractivity contribution is -0.139. The summed E-state index contributed by atoms with van der Waals surface area (Å²) in [6.07, 6.45) is 0.167. The molecule has 0 amide bonds. The average Bonchev–Trinajstić information content (AvgIpc) is 2.20. The summed E-state index contributed by atoms with van der Waals surface area (Å²) in [6.45, 7) is 0. The fraction of sp³-hybridized carbons (Fsp3) is 0.333. The molecule has 0 radical (unpaired) electrons. The molecule has 4 nitrogen and oxygen atoms in total. The predicted molar refractivity (Wildman–Crippen MR) is 54.2 cm³/mol. The van der Waals surface area contributed by atoms with Crippen LogP contribution in [-0.2, 0) is 16.0 Å². The Morgan fingerprint density at radius 1 is 1.50 bits per heavy atom. The summed E-state index contributed by atoms with van der Waals surface area (Å²) < 4.78 is 10.2. The van der Waals surface area contributed by atoms with Crippen molar-refractivity contribution in [3.8, 4) is 5.88 Å². The highest BCUT2D eigenvalue weighted by Crippen LogP contribution is 2.19. The van der Waals surface area contributed by atoms with Crippen LogP contribution in [0.15, 0.2) is 16.7 Å². The highest BCUT2D eigenvalue weighted by Gasteiger charge is 2.10. The van der Waals surface area contributed by atoms with Gasteiger partial charge in [0, 0.05) is 5.56 Å². The summed E-state index contributed by atoms with van der Waals surface area (Å²) in [6, 6.07) is 3.52. The van der Waals surface area contributed by atoms with Gasteiger partial charge < -0.3 is 9.47 Å². The Kier molecular flexibility index (Phi) is 3.88. The van der Waals surface area contributed by atoms with Gasteiger partial charge >= 0.3 is 5.97 Å². The number of carbonyl (C=O) groups excluding carboxylic acids is 1. The van der Waals surface area contributed by atoms with Crippen LogP contribution in [0.2, 0.25) is 0 Å². The molecule has 1 rings (SSSR count). The summed E-state index contributed by atoms with van der Waals surface area (Å²) in [7, 11) is 2.86. The summed E-state index contributed by atoms with van der Waals surface area (Å²) in [5, 5.41) is 0. The van der Waals surface area contributed by atoms with Crippen molar-refractivity contribution < 1.29 is 14.3 Å². The van der Waals surface area contributed by atoms with E-state index in [-0.39, 0.29) is 12.4 Å². The summed E-state index contributed by atoms with van der Waals surface area (Å²) in [5.41, 5.74) is 0.711. The molecule has 0 saturated heterocycles. The number of methoxy groups -OCH3 is 2. The third-order valence-corrected chi connectivity index (χ3v) is 2.10. The van der Waals surface area contributed by atoms with E-state index in [1.54, 1.807) is 12.1 Å². The van der Waals surface area contributed by atoms with Gasteiger partial charge in [0.05, 0.1) is 20.6 Å². The first-order valence-electron chi connectivity index (χ1n) is 3.93. The molecule has 0 aromatic carbocycles. The lowest BCUT2D eigenvalue weighted by Crippen LogP contribution is -2.06. The minimum Gasteiger partial charge on any atom is -0.481 e. The Hall–Kier alpha value is -1.10. The van der Waals surface area contributed by atoms with Gasteiger partial charge in [-0.15, -0.1) is 0 Å². The number of ether oxygens (including phenoxy) is 2. The van der Waals surface area contributed by atoms with Crippen LogP contribution >= 0.6 is 15.9 Å². The molecule has 0 aliphatic carbocycles. The highest BCUT2D eigenvalue weighted by molar-refractivity contribution is 9.10. The molecule has 1 aromatic heterocycles. The smallest absolute Gasteiger partial charge is 0.310 e. The van der Waals surface area contributed by atoms with Gasteiger partial charge in [0.25, 0.3) is 0 Å². The van der Waals surface area contributed by atoms with Crippen LogP contribution in [0.3, 0.4) is 0 Å². The van der Waals surface area contributed by atoms with Crippen LogP contribution < -0.4 is 4.74 Å². The van der Waals surface area contributed by atoms with Crippen LogP contribution in [0.1, 0.15) is 5.56 Å². The number of carbonyl (C=O) groups is 1. The summed E-state index contributed by atoms with van der Waals surface area (Å²) in [4.78, 5) is 15.1. The molecular weight excluding hydrogens is 250 g/mol. The van der Waals surface area contributed by atoms with Gasteiger partial charge in [-0.3, -0.25) is 4.79 Å². The van der Waals surface area contributed by atoms with Gasteiger partial charge in [0.2, 0.25) is 5.88 Å². The lowest BCUT2D eigenvalue weighted by atomic mass is 10.2. The number of rotatable bonds is 3. The second-order valence-electron chi connectivity index (χ2n) is 2.56. The molecule has 0 unspecified atom stereocenters. The van der Waals surface area contributed by atoms with Gasteiger partial charge in [0.15, 0.2) is 0 Å². The van der Waals surface area contributed by atoms with Crippen LogP contribution in [0.25, 0.3) is 0 Å². The van der Waals surface area contributed by atoms with Crippen molar-refractivity contribution >= 4 is 21.9 Å². The topological polar surface area (TPSA) is 48.4 Å². The molecule has 76 valence electrons. The number of aromatic nitrogens is 1. The number of hydrogen-bond donors (Lipinski definition) is 0. The van der Waals surface area contributed by atoms with E-state index in [0.717, 1.165) is 0 Å². The van der Waals surface area contributed by atoms with Crippen LogP contribution in [0, 0.1) is 0 Å². The molecule has 0 bridgehead atoms. The average molecular weight is 260 g/mol. The van der Waals surface area contributed by atoms with E-state index in [4.69, 9.17) is 4.74 Å². The van der Waals surface area contributed by atoms with Gasteiger partial charge in [-0.1, -0.05) is 6.07 Å². The minimum absolute atomic E-state index is 0.167. The second kappa shape index (κ2) is 4.95. The first-order valence-corrected chi connectivity index (χ1v) is 4.73. The molecule has 0 aliphatic heterocycles. The zero-order valence-electron chi connectivity index (χ0n) is 7.91. The van der Waals surface area contributed by atoms with Crippen molar-refractivity contribution in [2.24, 2.45) is 0 Å². The van der Waals surface area contributed by atoms with Gasteiger partial charge in [-0.2, -0.15) is 0 Å². The predicted octanol–water partition coefficient (Wildman–Crippen LogP) is 1.57. The van der Waals surface area contributed by atoms with E-state index in [0.29, 0.717) is 16.0 Å². The fourth-order valence-electron chi connectivity index (χ4n) is 0.986. The van der Waals surface area contributed by atoms with E-state index < -0.39 is 0 Å². The Balaban J connectivity index is 2.90.